The molecule has 1 aromatic carbocycles. The lowest BCUT2D eigenvalue weighted by Gasteiger charge is -2.16. The van der Waals surface area contributed by atoms with E-state index >= 15 is 0 Å². The Bertz CT molecular complexity index is 440. The van der Waals surface area contributed by atoms with Crippen LogP contribution < -0.4 is 9.47 Å². The summed E-state index contributed by atoms with van der Waals surface area (Å²) < 4.78 is 11.3. The molecular weight excluding hydrogens is 236 g/mol. The predicted molar refractivity (Wildman–Crippen MR) is 79.9 cm³/mol. The van der Waals surface area contributed by atoms with Gasteiger partial charge in [-0.1, -0.05) is 13.8 Å². The maximum atomic E-state index is 5.69. The van der Waals surface area contributed by atoms with Crippen LogP contribution >= 0.6 is 0 Å². The van der Waals surface area contributed by atoms with Gasteiger partial charge in [0.2, 0.25) is 0 Å². The van der Waals surface area contributed by atoms with Gasteiger partial charge >= 0.3 is 0 Å². The third-order valence-electron chi connectivity index (χ3n) is 2.83. The van der Waals surface area contributed by atoms with Crippen LogP contribution in [0.25, 0.3) is 0 Å². The molecule has 0 radical (unpaired) electrons. The Labute approximate surface area is 117 Å². The molecule has 104 valence electrons. The largest absolute Gasteiger partial charge is 0.494 e. The molecular formula is C17H24O2. The van der Waals surface area contributed by atoms with Gasteiger partial charge in [-0.25, -0.2) is 0 Å². The maximum absolute atomic E-state index is 5.69. The van der Waals surface area contributed by atoms with Crippen LogP contribution in [-0.4, -0.2) is 13.2 Å². The van der Waals surface area contributed by atoms with E-state index in [-0.39, 0.29) is 0 Å². The first-order valence-electron chi connectivity index (χ1n) is 7.08. The van der Waals surface area contributed by atoms with E-state index in [9.17, 15) is 0 Å². The van der Waals surface area contributed by atoms with Crippen LogP contribution in [0.5, 0.6) is 11.5 Å². The van der Waals surface area contributed by atoms with Crippen LogP contribution in [0.3, 0.4) is 0 Å². The zero-order valence-electron chi connectivity index (χ0n) is 12.5. The summed E-state index contributed by atoms with van der Waals surface area (Å²) in [5.74, 6) is 8.51. The van der Waals surface area contributed by atoms with Gasteiger partial charge < -0.3 is 9.47 Å². The van der Waals surface area contributed by atoms with Gasteiger partial charge in [0.15, 0.2) is 0 Å². The van der Waals surface area contributed by atoms with Gasteiger partial charge in [0.05, 0.1) is 13.2 Å². The van der Waals surface area contributed by atoms with Crippen molar-refractivity contribution in [2.45, 2.75) is 46.5 Å². The van der Waals surface area contributed by atoms with Crippen molar-refractivity contribution >= 4 is 0 Å². The second kappa shape index (κ2) is 8.48. The van der Waals surface area contributed by atoms with Gasteiger partial charge in [-0.15, -0.1) is 11.8 Å². The van der Waals surface area contributed by atoms with Gasteiger partial charge in [-0.2, -0.15) is 0 Å². The molecule has 0 amide bonds. The zero-order valence-corrected chi connectivity index (χ0v) is 12.5. The van der Waals surface area contributed by atoms with E-state index in [2.05, 4.69) is 31.8 Å². The van der Waals surface area contributed by atoms with Crippen LogP contribution in [0.15, 0.2) is 18.2 Å². The van der Waals surface area contributed by atoms with Gasteiger partial charge in [-0.05, 0) is 38.0 Å². The molecule has 0 aliphatic carbocycles. The van der Waals surface area contributed by atoms with Gasteiger partial charge in [0.25, 0.3) is 0 Å². The topological polar surface area (TPSA) is 18.5 Å². The second-order valence-electron chi connectivity index (χ2n) is 4.38. The van der Waals surface area contributed by atoms with Crippen molar-refractivity contribution in [2.75, 3.05) is 13.2 Å². The van der Waals surface area contributed by atoms with Gasteiger partial charge in [0.1, 0.15) is 11.5 Å². The van der Waals surface area contributed by atoms with Crippen molar-refractivity contribution in [3.8, 4) is 23.3 Å². The molecule has 1 rings (SSSR count). The van der Waals surface area contributed by atoms with Crippen molar-refractivity contribution < 1.29 is 9.47 Å². The van der Waals surface area contributed by atoms with E-state index in [1.54, 1.807) is 0 Å². The average molecular weight is 260 g/mol. The minimum Gasteiger partial charge on any atom is -0.494 e. The first-order valence-corrected chi connectivity index (χ1v) is 7.08. The summed E-state index contributed by atoms with van der Waals surface area (Å²) in [4.78, 5) is 0. The fourth-order valence-electron chi connectivity index (χ4n) is 1.92. The molecule has 0 N–H and O–H groups in total. The van der Waals surface area contributed by atoms with E-state index in [0.29, 0.717) is 19.1 Å². The molecule has 2 heteroatoms. The molecule has 2 nitrogen and oxygen atoms in total. The Morgan fingerprint density at radius 3 is 2.42 bits per heavy atom. The summed E-state index contributed by atoms with van der Waals surface area (Å²) in [5, 5.41) is 0. The lowest BCUT2D eigenvalue weighted by Crippen LogP contribution is -2.01. The normalized spacial score (nSPS) is 11.4. The SMILES string of the molecule is CCC#CCC(C)c1cc(OCC)ccc1OCC. The van der Waals surface area contributed by atoms with Gasteiger partial charge in [0, 0.05) is 18.4 Å². The van der Waals surface area contributed by atoms with Crippen molar-refractivity contribution in [3.05, 3.63) is 23.8 Å². The van der Waals surface area contributed by atoms with E-state index in [1.807, 2.05) is 26.0 Å². The summed E-state index contributed by atoms with van der Waals surface area (Å²) in [6, 6.07) is 6.03. The summed E-state index contributed by atoms with van der Waals surface area (Å²) in [6.45, 7) is 9.59. The highest BCUT2D eigenvalue weighted by molar-refractivity contribution is 5.42. The fraction of sp³-hybridized carbons (Fsp3) is 0.529. The minimum atomic E-state index is 0.348. The van der Waals surface area contributed by atoms with Crippen molar-refractivity contribution in [2.24, 2.45) is 0 Å². The summed E-state index contributed by atoms with van der Waals surface area (Å²) in [6.07, 6.45) is 1.76. The summed E-state index contributed by atoms with van der Waals surface area (Å²) >= 11 is 0. The van der Waals surface area contributed by atoms with Crippen molar-refractivity contribution in [3.63, 3.8) is 0 Å². The fourth-order valence-corrected chi connectivity index (χ4v) is 1.92. The molecule has 0 aliphatic heterocycles. The molecule has 19 heavy (non-hydrogen) atoms. The lowest BCUT2D eigenvalue weighted by atomic mass is 9.96. The van der Waals surface area contributed by atoms with Gasteiger partial charge in [-0.3, -0.25) is 0 Å². The molecule has 0 saturated carbocycles. The summed E-state index contributed by atoms with van der Waals surface area (Å²) in [7, 11) is 0. The Morgan fingerprint density at radius 1 is 1.05 bits per heavy atom. The molecule has 0 heterocycles. The number of ether oxygens (including phenoxy) is 2. The molecule has 1 aromatic rings. The van der Waals surface area contributed by atoms with Crippen molar-refractivity contribution in [1.82, 2.24) is 0 Å². The second-order valence-corrected chi connectivity index (χ2v) is 4.38. The Balaban J connectivity index is 2.94. The first kappa shape index (κ1) is 15.4. The van der Waals surface area contributed by atoms with Crippen LogP contribution in [0.1, 0.15) is 52.0 Å². The summed E-state index contributed by atoms with van der Waals surface area (Å²) in [5.41, 5.74) is 1.18. The molecule has 0 spiro atoms. The third kappa shape index (κ3) is 4.87. The maximum Gasteiger partial charge on any atom is 0.123 e. The van der Waals surface area contributed by atoms with Crippen LogP contribution in [0.2, 0.25) is 0 Å². The van der Waals surface area contributed by atoms with Crippen LogP contribution in [-0.2, 0) is 0 Å². The number of hydrogen-bond donors (Lipinski definition) is 0. The molecule has 1 atom stereocenters. The van der Waals surface area contributed by atoms with E-state index in [0.717, 1.165) is 24.3 Å². The standard InChI is InChI=1S/C17H24O2/c1-5-8-9-10-14(4)16-13-15(18-6-2)11-12-17(16)19-7-3/h11-14H,5-7,10H2,1-4H3. The molecule has 0 aliphatic rings. The molecule has 1 unspecified atom stereocenters. The highest BCUT2D eigenvalue weighted by Gasteiger charge is 2.12. The lowest BCUT2D eigenvalue weighted by molar-refractivity contribution is 0.326. The highest BCUT2D eigenvalue weighted by Crippen LogP contribution is 2.32. The predicted octanol–water partition coefficient (Wildman–Crippen LogP) is 4.39. The van der Waals surface area contributed by atoms with E-state index in [1.165, 1.54) is 5.56 Å². The molecule has 0 fully saturated rings. The number of benzene rings is 1. The van der Waals surface area contributed by atoms with E-state index < -0.39 is 0 Å². The minimum absolute atomic E-state index is 0.348. The van der Waals surface area contributed by atoms with Crippen LogP contribution in [0.4, 0.5) is 0 Å². The smallest absolute Gasteiger partial charge is 0.123 e. The molecule has 0 bridgehead atoms. The monoisotopic (exact) mass is 260 g/mol. The first-order chi connectivity index (χ1) is 9.22. The Kier molecular flexibility index (Phi) is 6.89. The zero-order chi connectivity index (χ0) is 14.1. The number of hydrogen-bond acceptors (Lipinski definition) is 2. The Morgan fingerprint density at radius 2 is 1.79 bits per heavy atom. The molecule has 0 aromatic heterocycles. The van der Waals surface area contributed by atoms with E-state index in [4.69, 9.17) is 9.47 Å². The quantitative estimate of drug-likeness (QED) is 0.706. The highest BCUT2D eigenvalue weighted by atomic mass is 16.5. The Hall–Kier alpha value is -1.62. The third-order valence-corrected chi connectivity index (χ3v) is 2.83. The molecule has 0 saturated heterocycles. The van der Waals surface area contributed by atoms with Crippen LogP contribution in [0, 0.1) is 11.8 Å². The van der Waals surface area contributed by atoms with Crippen molar-refractivity contribution in [1.29, 1.82) is 0 Å². The average Bonchev–Trinajstić information content (AvgIpc) is 2.41. The number of rotatable bonds is 6.